The smallest absolute Gasteiger partial charge is 0.412 e. The number of pyridine rings is 1. The third-order valence-corrected chi connectivity index (χ3v) is 14.6. The van der Waals surface area contributed by atoms with Gasteiger partial charge in [-0.15, -0.1) is 0 Å². The normalized spacial score (nSPS) is 21.2. The van der Waals surface area contributed by atoms with Gasteiger partial charge in [0.1, 0.15) is 11.6 Å². The largest absolute Gasteiger partial charge is 0.493 e. The van der Waals surface area contributed by atoms with E-state index < -0.39 is 18.4 Å². The van der Waals surface area contributed by atoms with Crippen molar-refractivity contribution in [3.8, 4) is 23.0 Å². The Morgan fingerprint density at radius 1 is 0.815 bits per heavy atom. The summed E-state index contributed by atoms with van der Waals surface area (Å²) in [6.45, 7) is 13.4. The van der Waals surface area contributed by atoms with Crippen LogP contribution in [0.2, 0.25) is 0 Å². The second kappa shape index (κ2) is 22.3. The summed E-state index contributed by atoms with van der Waals surface area (Å²) in [5.41, 5.74) is 15.9. The molecule has 16 nitrogen and oxygen atoms in total. The van der Waals surface area contributed by atoms with Gasteiger partial charge in [-0.3, -0.25) is 14.5 Å². The van der Waals surface area contributed by atoms with Crippen molar-refractivity contribution in [2.24, 2.45) is 0 Å². The molecule has 4 saturated heterocycles. The molecule has 2 aromatic carbocycles. The number of amides is 3. The highest BCUT2D eigenvalue weighted by Gasteiger charge is 2.45. The predicted molar refractivity (Wildman–Crippen MR) is 251 cm³/mol. The van der Waals surface area contributed by atoms with Gasteiger partial charge in [0.05, 0.1) is 69.9 Å². The molecule has 4 N–H and O–H groups in total. The predicted octanol–water partition coefficient (Wildman–Crippen LogP) is 7.24. The first-order valence-electron chi connectivity index (χ1n) is 22.0. The van der Waals surface area contributed by atoms with Crippen LogP contribution in [0.4, 0.5) is 16.2 Å². The highest BCUT2D eigenvalue weighted by Crippen LogP contribution is 2.39. The van der Waals surface area contributed by atoms with Crippen molar-refractivity contribution in [1.82, 2.24) is 19.7 Å². The Morgan fingerprint density at radius 3 is 2.00 bits per heavy atom. The second-order valence-corrected chi connectivity index (χ2v) is 19.2. The fourth-order valence-corrected chi connectivity index (χ4v) is 10.4. The van der Waals surface area contributed by atoms with Crippen molar-refractivity contribution >= 4 is 50.9 Å². The van der Waals surface area contributed by atoms with E-state index in [1.54, 1.807) is 51.1 Å². The molecule has 7 rings (SSSR count). The molecule has 0 saturated carbocycles. The lowest BCUT2D eigenvalue weighted by molar-refractivity contribution is -0.0206. The fourth-order valence-electron chi connectivity index (χ4n) is 8.55. The fraction of sp³-hybridized carbons (Fsp3) is 0.489. The molecule has 65 heavy (non-hydrogen) atoms. The van der Waals surface area contributed by atoms with E-state index in [0.717, 1.165) is 41.9 Å². The molecule has 0 bridgehead atoms. The zero-order valence-electron chi connectivity index (χ0n) is 37.4. The lowest BCUT2D eigenvalue weighted by atomic mass is 10.0. The first-order chi connectivity index (χ1) is 31.4. The summed E-state index contributed by atoms with van der Waals surface area (Å²) in [6.07, 6.45) is 5.81. The molecular weight excluding hydrogens is 873 g/mol. The Hall–Kier alpha value is -5.30. The molecule has 0 radical (unpaired) electrons. The van der Waals surface area contributed by atoms with Crippen LogP contribution >= 0.6 is 21.6 Å². The third-order valence-electron chi connectivity index (χ3n) is 11.8. The summed E-state index contributed by atoms with van der Waals surface area (Å²) >= 11 is 0. The van der Waals surface area contributed by atoms with Crippen LogP contribution in [0.1, 0.15) is 72.6 Å². The number of aromatic nitrogens is 1. The average Bonchev–Trinajstić information content (AvgIpc) is 4.15. The standard InChI is InChI=1S/C47H60N6O10S2/c1-29-20-36(38-12-11-18-59-38)52(26-29)44(54)32-22-39(57-4)41(24-34(32)48)60-16-9-6-10-17-61-42-25-35(49)33(23-40(42)58-5)45(55)53-27-30(2)21-37(53)46-51(15-19-62-46)47(56)63-28-31(3)64-65-43-13-7-8-14-50-43/h7-8,13-14,22-25,31,36-38,46H,1-2,6,9-12,15-21,26-28,48-49H2,3-5H3/t31?,36-,37-,38?,46?/m0/s1. The van der Waals surface area contributed by atoms with Crippen molar-refractivity contribution in [3.63, 3.8) is 0 Å². The molecule has 4 aliphatic heterocycles. The summed E-state index contributed by atoms with van der Waals surface area (Å²) in [5, 5.41) is 0.888. The number of nitrogens with two attached hydrogens (primary N) is 2. The number of likely N-dealkylation sites (tertiary alicyclic amines) is 2. The van der Waals surface area contributed by atoms with Gasteiger partial charge in [-0.05, 0) is 86.9 Å². The van der Waals surface area contributed by atoms with Crippen molar-refractivity contribution in [3.05, 3.63) is 84.1 Å². The van der Waals surface area contributed by atoms with Gasteiger partial charge in [0.15, 0.2) is 29.2 Å². The summed E-state index contributed by atoms with van der Waals surface area (Å²) in [5.74, 6) is 1.15. The average molecular weight is 933 g/mol. The van der Waals surface area contributed by atoms with E-state index in [2.05, 4.69) is 18.1 Å². The highest BCUT2D eigenvalue weighted by atomic mass is 33.1. The van der Waals surface area contributed by atoms with Crippen molar-refractivity contribution in [2.75, 3.05) is 78.4 Å². The number of carbonyl (C=O) groups is 3. The number of hydrogen-bond donors (Lipinski definition) is 2. The van der Waals surface area contributed by atoms with Crippen molar-refractivity contribution in [2.45, 2.75) is 86.6 Å². The number of rotatable bonds is 19. The quantitative estimate of drug-likeness (QED) is 0.0529. The van der Waals surface area contributed by atoms with Gasteiger partial charge in [0, 0.05) is 54.7 Å². The first kappa shape index (κ1) is 47.7. The Balaban J connectivity index is 0.881. The summed E-state index contributed by atoms with van der Waals surface area (Å²) in [4.78, 5) is 50.6. The third kappa shape index (κ3) is 11.6. The Bertz CT molecular complexity index is 2190. The lowest BCUT2D eigenvalue weighted by Crippen LogP contribution is -2.51. The summed E-state index contributed by atoms with van der Waals surface area (Å²) in [6, 6.07) is 11.7. The maximum Gasteiger partial charge on any atom is 0.412 e. The molecule has 0 aliphatic carbocycles. The number of unbranched alkanes of at least 4 members (excludes halogenated alkanes) is 2. The van der Waals surface area contributed by atoms with Gasteiger partial charge in [-0.25, -0.2) is 9.78 Å². The Morgan fingerprint density at radius 2 is 1.43 bits per heavy atom. The van der Waals surface area contributed by atoms with Gasteiger partial charge < -0.3 is 54.4 Å². The number of nitrogens with zero attached hydrogens (tertiary/aromatic N) is 4. The van der Waals surface area contributed by atoms with Crippen LogP contribution in [0.15, 0.2) is 78.0 Å². The minimum absolute atomic E-state index is 0.00106. The molecule has 3 unspecified atom stereocenters. The number of carbonyl (C=O) groups excluding carboxylic acids is 3. The second-order valence-electron chi connectivity index (χ2n) is 16.6. The zero-order chi connectivity index (χ0) is 46.0. The Kier molecular flexibility index (Phi) is 16.3. The zero-order valence-corrected chi connectivity index (χ0v) is 39.0. The maximum atomic E-state index is 14.2. The molecule has 5 heterocycles. The highest BCUT2D eigenvalue weighted by molar-refractivity contribution is 8.76. The maximum absolute atomic E-state index is 14.2. The van der Waals surface area contributed by atoms with E-state index in [0.29, 0.717) is 93.0 Å². The molecule has 18 heteroatoms. The number of hydrogen-bond acceptors (Lipinski definition) is 15. The SMILES string of the molecule is C=C1C[C@@H](C2CCCO2)N(C(=O)c2cc(OC)c(OCCCCCOc3cc(N)c(C(=O)N4CC(=C)C[C@H]4C4OCCN4C(=O)OCC(C)SSc4ccccn4)cc3OC)cc2N)C1. The molecule has 3 amide bonds. The van der Waals surface area contributed by atoms with E-state index >= 15 is 0 Å². The van der Waals surface area contributed by atoms with Gasteiger partial charge >= 0.3 is 6.09 Å². The van der Waals surface area contributed by atoms with Crippen LogP contribution in [0, 0.1) is 0 Å². The lowest BCUT2D eigenvalue weighted by Gasteiger charge is -2.33. The van der Waals surface area contributed by atoms with E-state index in [-0.39, 0.29) is 53.6 Å². The van der Waals surface area contributed by atoms with Crippen LogP contribution in [-0.4, -0.2) is 134 Å². The van der Waals surface area contributed by atoms with Gasteiger partial charge in [-0.2, -0.15) is 0 Å². The molecular formula is C47H60N6O10S2. The van der Waals surface area contributed by atoms with E-state index in [4.69, 9.17) is 44.6 Å². The number of benzene rings is 2. The van der Waals surface area contributed by atoms with Crippen LogP contribution < -0.4 is 30.4 Å². The minimum Gasteiger partial charge on any atom is -0.493 e. The number of anilines is 2. The van der Waals surface area contributed by atoms with Crippen molar-refractivity contribution < 1.29 is 47.5 Å². The Labute approximate surface area is 388 Å². The minimum atomic E-state index is -0.712. The van der Waals surface area contributed by atoms with E-state index in [1.807, 2.05) is 30.0 Å². The summed E-state index contributed by atoms with van der Waals surface area (Å²) < 4.78 is 41.1. The van der Waals surface area contributed by atoms with E-state index in [1.165, 1.54) is 25.0 Å². The molecule has 4 fully saturated rings. The molecule has 5 atom stereocenters. The number of methoxy groups -OCH3 is 2. The van der Waals surface area contributed by atoms with Crippen molar-refractivity contribution in [1.29, 1.82) is 0 Å². The first-order valence-corrected chi connectivity index (χ1v) is 24.2. The molecule has 1 aromatic heterocycles. The monoisotopic (exact) mass is 932 g/mol. The molecule has 0 spiro atoms. The van der Waals surface area contributed by atoms with Gasteiger partial charge in [0.2, 0.25) is 0 Å². The molecule has 4 aliphatic rings. The molecule has 350 valence electrons. The van der Waals surface area contributed by atoms with Crippen LogP contribution in [0.3, 0.4) is 0 Å². The number of nitrogen functional groups attached to an aromatic ring is 2. The molecule has 3 aromatic rings. The summed E-state index contributed by atoms with van der Waals surface area (Å²) in [7, 11) is 6.14. The van der Waals surface area contributed by atoms with Crippen LogP contribution in [0.5, 0.6) is 23.0 Å². The van der Waals surface area contributed by atoms with Gasteiger partial charge in [-0.1, -0.05) is 41.2 Å². The van der Waals surface area contributed by atoms with Gasteiger partial charge in [0.25, 0.3) is 11.8 Å². The van der Waals surface area contributed by atoms with Crippen LogP contribution in [0.25, 0.3) is 0 Å². The number of ether oxygens (including phenoxy) is 7. The van der Waals surface area contributed by atoms with E-state index in [9.17, 15) is 14.4 Å². The van der Waals surface area contributed by atoms with Crippen LogP contribution in [-0.2, 0) is 14.2 Å². The topological polar surface area (TPSA) is 190 Å².